The first-order chi connectivity index (χ1) is 9.94. The molecule has 1 aliphatic heterocycles. The highest BCUT2D eigenvalue weighted by atomic mass is 79.9. The summed E-state index contributed by atoms with van der Waals surface area (Å²) in [6.07, 6.45) is 3.64. The zero-order valence-electron chi connectivity index (χ0n) is 12.0. The van der Waals surface area contributed by atoms with Crippen LogP contribution in [0.5, 0.6) is 0 Å². The Hall–Kier alpha value is 0.01000. The second kappa shape index (κ2) is 7.52. The number of likely N-dealkylation sites (tertiary alicyclic amines) is 1. The summed E-state index contributed by atoms with van der Waals surface area (Å²) in [7, 11) is -3.54. The second-order valence-electron chi connectivity index (χ2n) is 5.31. The Kier molecular flexibility index (Phi) is 6.22. The van der Waals surface area contributed by atoms with Crippen LogP contribution in [0.1, 0.15) is 31.1 Å². The van der Waals surface area contributed by atoms with Gasteiger partial charge in [0.15, 0.2) is 0 Å². The number of aliphatic hydroxyl groups excluding tert-OH is 1. The third-order valence-electron chi connectivity index (χ3n) is 3.73. The summed E-state index contributed by atoms with van der Waals surface area (Å²) in [5.41, 5.74) is 0. The van der Waals surface area contributed by atoms with Crippen LogP contribution >= 0.6 is 27.3 Å². The van der Waals surface area contributed by atoms with Gasteiger partial charge < -0.3 is 5.11 Å². The molecule has 120 valence electrons. The molecular weight excluding hydrogens is 376 g/mol. The van der Waals surface area contributed by atoms with Gasteiger partial charge in [-0.1, -0.05) is 6.42 Å². The molecule has 0 saturated carbocycles. The Balaban J connectivity index is 1.98. The highest BCUT2D eigenvalue weighted by molar-refractivity contribution is 9.11. The maximum Gasteiger partial charge on any atom is 0.242 e. The Morgan fingerprint density at radius 1 is 1.43 bits per heavy atom. The molecule has 8 heteroatoms. The first-order valence-electron chi connectivity index (χ1n) is 7.07. The molecule has 2 N–H and O–H groups in total. The third-order valence-corrected chi connectivity index (χ3v) is 7.40. The maximum atomic E-state index is 12.3. The van der Waals surface area contributed by atoms with Gasteiger partial charge in [0.05, 0.1) is 10.4 Å². The number of sulfonamides is 1. The highest BCUT2D eigenvalue weighted by Gasteiger charge is 2.23. The molecule has 2 heterocycles. The largest absolute Gasteiger partial charge is 0.391 e. The average molecular weight is 397 g/mol. The van der Waals surface area contributed by atoms with Crippen molar-refractivity contribution < 1.29 is 13.5 Å². The summed E-state index contributed by atoms with van der Waals surface area (Å²) >= 11 is 4.50. The van der Waals surface area contributed by atoms with Crippen LogP contribution in [0, 0.1) is 0 Å². The van der Waals surface area contributed by atoms with E-state index in [0.717, 1.165) is 13.1 Å². The molecule has 1 unspecified atom stereocenters. The Labute approximate surface area is 138 Å². The van der Waals surface area contributed by atoms with Crippen LogP contribution in [0.2, 0.25) is 0 Å². The van der Waals surface area contributed by atoms with Crippen LogP contribution in [0.25, 0.3) is 0 Å². The molecule has 1 fully saturated rings. The summed E-state index contributed by atoms with van der Waals surface area (Å²) < 4.78 is 27.9. The smallest absolute Gasteiger partial charge is 0.242 e. The molecule has 1 aliphatic rings. The van der Waals surface area contributed by atoms with Crippen molar-refractivity contribution in [2.24, 2.45) is 0 Å². The molecule has 5 nitrogen and oxygen atoms in total. The number of hydrogen-bond acceptors (Lipinski definition) is 5. The van der Waals surface area contributed by atoms with Crippen molar-refractivity contribution in [3.8, 4) is 0 Å². The van der Waals surface area contributed by atoms with Crippen molar-refractivity contribution >= 4 is 37.3 Å². The zero-order chi connectivity index (χ0) is 15.5. The predicted molar refractivity (Wildman–Crippen MR) is 88.0 cm³/mol. The number of halogens is 1. The fourth-order valence-corrected chi connectivity index (χ4v) is 6.12. The van der Waals surface area contributed by atoms with Crippen molar-refractivity contribution in [3.05, 3.63) is 14.7 Å². The molecule has 1 atom stereocenters. The number of thiophene rings is 1. The van der Waals surface area contributed by atoms with Crippen LogP contribution in [-0.2, 0) is 16.6 Å². The number of nitrogens with zero attached hydrogens (tertiary/aromatic N) is 1. The molecule has 1 aromatic rings. The molecule has 2 rings (SSSR count). The van der Waals surface area contributed by atoms with E-state index in [1.54, 1.807) is 0 Å². The molecule has 21 heavy (non-hydrogen) atoms. The van der Waals surface area contributed by atoms with Gasteiger partial charge in [0.2, 0.25) is 10.0 Å². The van der Waals surface area contributed by atoms with Gasteiger partial charge in [-0.25, -0.2) is 13.1 Å². The standard InChI is InChI=1S/C13H21BrN2O3S2/c1-10(16-5-3-2-4-6-16)8-15-21(18,19)12-7-11(9-17)20-13(12)14/h7,10,15,17H,2-6,8-9H2,1H3. The van der Waals surface area contributed by atoms with E-state index >= 15 is 0 Å². The molecule has 0 aromatic carbocycles. The number of hydrogen-bond donors (Lipinski definition) is 2. The van der Waals surface area contributed by atoms with E-state index in [-0.39, 0.29) is 17.5 Å². The minimum absolute atomic E-state index is 0.150. The number of aliphatic hydroxyl groups is 1. The first kappa shape index (κ1) is 17.4. The normalized spacial score (nSPS) is 18.8. The summed E-state index contributed by atoms with van der Waals surface area (Å²) in [6, 6.07) is 1.71. The predicted octanol–water partition coefficient (Wildman–Crippen LogP) is 2.16. The van der Waals surface area contributed by atoms with Gasteiger partial charge in [0.1, 0.15) is 4.90 Å². The zero-order valence-corrected chi connectivity index (χ0v) is 15.2. The van der Waals surface area contributed by atoms with Gasteiger partial charge >= 0.3 is 0 Å². The lowest BCUT2D eigenvalue weighted by Gasteiger charge is -2.32. The van der Waals surface area contributed by atoms with E-state index in [2.05, 4.69) is 32.5 Å². The first-order valence-corrected chi connectivity index (χ1v) is 10.2. The molecule has 1 saturated heterocycles. The van der Waals surface area contributed by atoms with Gasteiger partial charge in [0, 0.05) is 17.5 Å². The fourth-order valence-electron chi connectivity index (χ4n) is 2.46. The van der Waals surface area contributed by atoms with Crippen molar-refractivity contribution in [1.82, 2.24) is 9.62 Å². The van der Waals surface area contributed by atoms with Gasteiger partial charge in [0.25, 0.3) is 0 Å². The van der Waals surface area contributed by atoms with E-state index in [9.17, 15) is 8.42 Å². The lowest BCUT2D eigenvalue weighted by atomic mass is 10.1. The number of nitrogens with one attached hydrogen (secondary N) is 1. The lowest BCUT2D eigenvalue weighted by Crippen LogP contribution is -2.44. The van der Waals surface area contributed by atoms with Crippen molar-refractivity contribution in [2.45, 2.75) is 43.7 Å². The topological polar surface area (TPSA) is 69.6 Å². The summed E-state index contributed by atoms with van der Waals surface area (Å²) in [5.74, 6) is 0. The van der Waals surface area contributed by atoms with E-state index in [0.29, 0.717) is 15.2 Å². The van der Waals surface area contributed by atoms with E-state index in [1.165, 1.54) is 36.7 Å². The molecule has 1 aromatic heterocycles. The lowest BCUT2D eigenvalue weighted by molar-refractivity contribution is 0.175. The Bertz CT molecular complexity index is 568. The van der Waals surface area contributed by atoms with Gasteiger partial charge in [-0.05, 0) is 54.9 Å². The Morgan fingerprint density at radius 2 is 2.10 bits per heavy atom. The quantitative estimate of drug-likeness (QED) is 0.772. The monoisotopic (exact) mass is 396 g/mol. The molecule has 0 spiro atoms. The fraction of sp³-hybridized carbons (Fsp3) is 0.692. The van der Waals surface area contributed by atoms with Crippen LogP contribution in [0.15, 0.2) is 14.7 Å². The van der Waals surface area contributed by atoms with Crippen LogP contribution in [-0.4, -0.2) is 44.1 Å². The Morgan fingerprint density at radius 3 is 2.67 bits per heavy atom. The minimum atomic E-state index is -3.54. The van der Waals surface area contributed by atoms with Crippen LogP contribution in [0.4, 0.5) is 0 Å². The molecule has 0 amide bonds. The SMILES string of the molecule is CC(CNS(=O)(=O)c1cc(CO)sc1Br)N1CCCCC1. The van der Waals surface area contributed by atoms with Crippen molar-refractivity contribution in [1.29, 1.82) is 0 Å². The van der Waals surface area contributed by atoms with E-state index in [1.807, 2.05) is 0 Å². The average Bonchev–Trinajstić information content (AvgIpc) is 2.88. The van der Waals surface area contributed by atoms with Crippen molar-refractivity contribution in [2.75, 3.05) is 19.6 Å². The summed E-state index contributed by atoms with van der Waals surface area (Å²) in [4.78, 5) is 3.17. The maximum absolute atomic E-state index is 12.3. The number of piperidine rings is 1. The number of rotatable bonds is 6. The van der Waals surface area contributed by atoms with Gasteiger partial charge in [-0.3, -0.25) is 4.90 Å². The molecule has 0 radical (unpaired) electrons. The van der Waals surface area contributed by atoms with Gasteiger partial charge in [-0.2, -0.15) is 0 Å². The third kappa shape index (κ3) is 4.49. The molecule has 0 bridgehead atoms. The van der Waals surface area contributed by atoms with Crippen LogP contribution in [0.3, 0.4) is 0 Å². The summed E-state index contributed by atoms with van der Waals surface area (Å²) in [6.45, 7) is 4.39. The van der Waals surface area contributed by atoms with Crippen LogP contribution < -0.4 is 4.72 Å². The van der Waals surface area contributed by atoms with Gasteiger partial charge in [-0.15, -0.1) is 11.3 Å². The highest BCUT2D eigenvalue weighted by Crippen LogP contribution is 2.31. The minimum Gasteiger partial charge on any atom is -0.391 e. The second-order valence-corrected chi connectivity index (χ2v) is 9.50. The van der Waals surface area contributed by atoms with E-state index in [4.69, 9.17) is 5.11 Å². The molecular formula is C13H21BrN2O3S2. The summed E-state index contributed by atoms with van der Waals surface area (Å²) in [5, 5.41) is 9.10. The van der Waals surface area contributed by atoms with Crippen molar-refractivity contribution in [3.63, 3.8) is 0 Å². The van der Waals surface area contributed by atoms with E-state index < -0.39 is 10.0 Å². The molecule has 0 aliphatic carbocycles.